The third-order valence-corrected chi connectivity index (χ3v) is 2.67. The summed E-state index contributed by atoms with van der Waals surface area (Å²) in [6, 6.07) is 0. The maximum atomic E-state index is 11.5. The maximum absolute atomic E-state index is 11.5. The zero-order chi connectivity index (χ0) is 13.0. The van der Waals surface area contributed by atoms with Gasteiger partial charge in [-0.3, -0.25) is 14.3 Å². The highest BCUT2D eigenvalue weighted by molar-refractivity contribution is 7.74. The topological polar surface area (TPSA) is 84.3 Å². The Balaban J connectivity index is 0.000000686. The second kappa shape index (κ2) is 6.04. The molecule has 1 saturated heterocycles. The van der Waals surface area contributed by atoms with Crippen LogP contribution in [0, 0.1) is 6.92 Å². The molecule has 6 nitrogen and oxygen atoms in total. The number of thiol groups is 1. The smallest absolute Gasteiger partial charge is 0.330 e. The second-order valence-electron chi connectivity index (χ2n) is 3.96. The van der Waals surface area contributed by atoms with Gasteiger partial charge in [0, 0.05) is 11.8 Å². The molecule has 96 valence electrons. The summed E-state index contributed by atoms with van der Waals surface area (Å²) in [5, 5.41) is 0. The molecule has 2 atom stereocenters. The Kier molecular flexibility index (Phi) is 4.98. The van der Waals surface area contributed by atoms with Crippen LogP contribution < -0.4 is 11.2 Å². The molecule has 2 heterocycles. The van der Waals surface area contributed by atoms with Crippen LogP contribution in [-0.2, 0) is 4.74 Å². The molecule has 0 aromatic carbocycles. The molecule has 1 aliphatic rings. The van der Waals surface area contributed by atoms with E-state index < -0.39 is 5.69 Å². The minimum Gasteiger partial charge on any atom is -0.355 e. The molecule has 7 heteroatoms. The summed E-state index contributed by atoms with van der Waals surface area (Å²) in [4.78, 5) is 24.9. The van der Waals surface area contributed by atoms with Gasteiger partial charge in [-0.2, -0.15) is 0 Å². The van der Waals surface area contributed by atoms with Crippen LogP contribution in [0.1, 0.15) is 31.6 Å². The second-order valence-corrected chi connectivity index (χ2v) is 3.96. The summed E-state index contributed by atoms with van der Waals surface area (Å²) >= 11 is 2.53. The van der Waals surface area contributed by atoms with Crippen LogP contribution in [0.4, 0.5) is 0 Å². The van der Waals surface area contributed by atoms with Gasteiger partial charge in [-0.15, -0.1) is 0 Å². The number of aryl methyl sites for hydroxylation is 1. The Morgan fingerprint density at radius 3 is 2.65 bits per heavy atom. The highest BCUT2D eigenvalue weighted by Gasteiger charge is 2.24. The van der Waals surface area contributed by atoms with E-state index in [1.54, 1.807) is 13.1 Å². The van der Waals surface area contributed by atoms with Gasteiger partial charge in [0.05, 0.1) is 6.10 Å². The molecule has 0 spiro atoms. The molecule has 0 saturated carbocycles. The van der Waals surface area contributed by atoms with Crippen LogP contribution in [-0.4, -0.2) is 20.2 Å². The molecule has 1 aromatic rings. The summed E-state index contributed by atoms with van der Waals surface area (Å²) in [5.41, 5.74) is -0.204. The Labute approximate surface area is 104 Å². The zero-order valence-electron chi connectivity index (χ0n) is 9.71. The highest BCUT2D eigenvalue weighted by atomic mass is 32.1. The monoisotopic (exact) mass is 260 g/mol. The summed E-state index contributed by atoms with van der Waals surface area (Å²) in [7, 11) is 0. The number of hydrogen-bond acceptors (Lipinski definition) is 5. The number of rotatable bonds is 1. The Bertz CT molecular complexity index is 482. The molecular weight excluding hydrogens is 244 g/mol. The summed E-state index contributed by atoms with van der Waals surface area (Å²) in [5.74, 6) is 0. The van der Waals surface area contributed by atoms with E-state index in [4.69, 9.17) is 9.29 Å². The van der Waals surface area contributed by atoms with Crippen LogP contribution in [0.5, 0.6) is 0 Å². The molecule has 1 aliphatic heterocycles. The fraction of sp³-hybridized carbons (Fsp3) is 0.600. The SMILES string of the molecule is Cc1cn(C2CCC(C)O2)c(=O)[nH]c1=O.OS. The van der Waals surface area contributed by atoms with Gasteiger partial charge in [0.2, 0.25) is 0 Å². The maximum Gasteiger partial charge on any atom is 0.330 e. The number of hydrogen-bond donors (Lipinski definition) is 3. The van der Waals surface area contributed by atoms with Crippen LogP contribution >= 0.6 is 12.9 Å². The number of aromatic amines is 1. The minimum absolute atomic E-state index is 0.175. The van der Waals surface area contributed by atoms with E-state index in [0.717, 1.165) is 12.8 Å². The van der Waals surface area contributed by atoms with E-state index in [2.05, 4.69) is 17.9 Å². The molecule has 2 rings (SSSR count). The summed E-state index contributed by atoms with van der Waals surface area (Å²) < 4.78 is 13.7. The average Bonchev–Trinajstić information content (AvgIpc) is 2.73. The van der Waals surface area contributed by atoms with E-state index in [0.29, 0.717) is 5.56 Å². The van der Waals surface area contributed by atoms with Gasteiger partial charge in [0.1, 0.15) is 6.23 Å². The predicted octanol–water partition coefficient (Wildman–Crippen LogP) is 0.932. The van der Waals surface area contributed by atoms with Crippen LogP contribution in [0.3, 0.4) is 0 Å². The molecule has 0 radical (unpaired) electrons. The molecule has 1 fully saturated rings. The lowest BCUT2D eigenvalue weighted by molar-refractivity contribution is 0.00780. The summed E-state index contributed by atoms with van der Waals surface area (Å²) in [6.07, 6.45) is 3.25. The molecule has 2 N–H and O–H groups in total. The van der Waals surface area contributed by atoms with Gasteiger partial charge in [-0.1, -0.05) is 0 Å². The van der Waals surface area contributed by atoms with E-state index in [9.17, 15) is 9.59 Å². The first-order valence-corrected chi connectivity index (χ1v) is 5.65. The summed E-state index contributed by atoms with van der Waals surface area (Å²) in [6.45, 7) is 3.65. The first kappa shape index (κ1) is 14.0. The zero-order valence-corrected chi connectivity index (χ0v) is 10.6. The molecule has 17 heavy (non-hydrogen) atoms. The number of ether oxygens (including phenoxy) is 1. The van der Waals surface area contributed by atoms with Gasteiger partial charge >= 0.3 is 5.69 Å². The number of nitrogens with zero attached hydrogens (tertiary/aromatic N) is 1. The Morgan fingerprint density at radius 2 is 2.12 bits per heavy atom. The Morgan fingerprint density at radius 1 is 1.47 bits per heavy atom. The number of aromatic nitrogens is 2. The van der Waals surface area contributed by atoms with Crippen LogP contribution in [0.2, 0.25) is 0 Å². The first-order chi connectivity index (χ1) is 8.08. The van der Waals surface area contributed by atoms with E-state index >= 15 is 0 Å². The van der Waals surface area contributed by atoms with E-state index in [-0.39, 0.29) is 17.9 Å². The minimum atomic E-state index is -0.398. The number of nitrogens with one attached hydrogen (secondary N) is 1. The van der Waals surface area contributed by atoms with Crippen LogP contribution in [0.15, 0.2) is 15.8 Å². The fourth-order valence-corrected chi connectivity index (χ4v) is 1.79. The Hall–Kier alpha value is -1.05. The third-order valence-electron chi connectivity index (χ3n) is 2.67. The normalized spacial score (nSPS) is 23.1. The van der Waals surface area contributed by atoms with Gasteiger partial charge in [0.15, 0.2) is 0 Å². The van der Waals surface area contributed by atoms with Crippen molar-refractivity contribution in [1.29, 1.82) is 0 Å². The van der Waals surface area contributed by atoms with Crippen molar-refractivity contribution >= 4 is 12.9 Å². The third kappa shape index (κ3) is 3.21. The average molecular weight is 260 g/mol. The lowest BCUT2D eigenvalue weighted by Crippen LogP contribution is -2.33. The van der Waals surface area contributed by atoms with Crippen molar-refractivity contribution in [3.63, 3.8) is 0 Å². The van der Waals surface area contributed by atoms with E-state index in [1.807, 2.05) is 6.92 Å². The van der Waals surface area contributed by atoms with E-state index in [1.165, 1.54) is 4.57 Å². The fourth-order valence-electron chi connectivity index (χ4n) is 1.79. The van der Waals surface area contributed by atoms with Crippen molar-refractivity contribution in [2.45, 2.75) is 39.0 Å². The standard InChI is InChI=1S/C10H14N2O3.H2OS/c1-6-5-12(10(14)11-9(6)13)8-4-3-7(2)15-8;1-2/h5,7-8H,3-4H2,1-2H3,(H,11,13,14);1-2H. The predicted molar refractivity (Wildman–Crippen MR) is 66.5 cm³/mol. The lowest BCUT2D eigenvalue weighted by atomic mass is 10.2. The van der Waals surface area contributed by atoms with Crippen molar-refractivity contribution in [3.05, 3.63) is 32.6 Å². The lowest BCUT2D eigenvalue weighted by Gasteiger charge is -2.14. The molecule has 1 aromatic heterocycles. The molecular formula is C10H16N2O4S. The molecule has 0 amide bonds. The van der Waals surface area contributed by atoms with Crippen molar-refractivity contribution in [3.8, 4) is 0 Å². The number of H-pyrrole nitrogens is 1. The molecule has 2 unspecified atom stereocenters. The quantitative estimate of drug-likeness (QED) is 0.518. The first-order valence-electron chi connectivity index (χ1n) is 5.25. The van der Waals surface area contributed by atoms with Gasteiger partial charge < -0.3 is 9.29 Å². The molecule has 0 aliphatic carbocycles. The van der Waals surface area contributed by atoms with Crippen molar-refractivity contribution in [2.75, 3.05) is 0 Å². The van der Waals surface area contributed by atoms with Crippen molar-refractivity contribution in [1.82, 2.24) is 9.55 Å². The highest BCUT2D eigenvalue weighted by Crippen LogP contribution is 2.26. The largest absolute Gasteiger partial charge is 0.355 e. The van der Waals surface area contributed by atoms with Gasteiger partial charge in [-0.05, 0) is 39.6 Å². The van der Waals surface area contributed by atoms with Crippen molar-refractivity contribution < 1.29 is 9.29 Å². The van der Waals surface area contributed by atoms with Crippen molar-refractivity contribution in [2.24, 2.45) is 0 Å². The van der Waals surface area contributed by atoms with Gasteiger partial charge in [-0.25, -0.2) is 4.79 Å². The molecule has 0 bridgehead atoms. The van der Waals surface area contributed by atoms with Crippen LogP contribution in [0.25, 0.3) is 0 Å². The van der Waals surface area contributed by atoms with Gasteiger partial charge in [0.25, 0.3) is 5.56 Å².